The Kier molecular flexibility index (Phi) is 17.8. The second kappa shape index (κ2) is 25.8. The van der Waals surface area contributed by atoms with Crippen LogP contribution in [0.15, 0.2) is 97.1 Å². The second-order valence-electron chi connectivity index (χ2n) is 20.9. The van der Waals surface area contributed by atoms with Crippen molar-refractivity contribution in [1.82, 2.24) is 19.6 Å². The molecular weight excluding hydrogens is 1080 g/mol. The number of hydrogen-bond donors (Lipinski definition) is 8. The van der Waals surface area contributed by atoms with Crippen LogP contribution in [0.1, 0.15) is 79.0 Å². The number of carbonyl (C=O) groups is 2. The van der Waals surface area contributed by atoms with Crippen molar-refractivity contribution in [1.29, 1.82) is 0 Å². The highest BCUT2D eigenvalue weighted by atomic mass is 16.5. The summed E-state index contributed by atoms with van der Waals surface area (Å²) in [6.45, 7) is 7.41. The van der Waals surface area contributed by atoms with Crippen molar-refractivity contribution in [3.05, 3.63) is 142 Å². The van der Waals surface area contributed by atoms with Crippen LogP contribution >= 0.6 is 0 Å². The number of carbonyl (C=O) groups excluding carboxylic acids is 2. The molecular formula is C62H72N8O14. The average molecular weight is 1150 g/mol. The van der Waals surface area contributed by atoms with Crippen LogP contribution in [0.2, 0.25) is 0 Å². The number of phenolic OH excluding ortho intramolecular Hbond substituents is 4. The molecule has 4 atom stereocenters. The zero-order chi connectivity index (χ0) is 58.4. The van der Waals surface area contributed by atoms with E-state index >= 15 is 9.59 Å². The third-order valence-corrected chi connectivity index (χ3v) is 16.1. The monoisotopic (exact) mass is 1150 g/mol. The fourth-order valence-electron chi connectivity index (χ4n) is 11.8. The number of phenols is 4. The van der Waals surface area contributed by atoms with Crippen LogP contribution in [0.3, 0.4) is 0 Å². The van der Waals surface area contributed by atoms with Gasteiger partial charge in [-0.15, -0.1) is 0 Å². The molecule has 0 saturated carbocycles. The molecule has 444 valence electrons. The van der Waals surface area contributed by atoms with Gasteiger partial charge in [-0.25, -0.2) is 0 Å². The van der Waals surface area contributed by atoms with Gasteiger partial charge in [-0.3, -0.25) is 29.2 Å². The predicted molar refractivity (Wildman–Crippen MR) is 313 cm³/mol. The number of fused-ring (bicyclic) bond motifs is 2. The summed E-state index contributed by atoms with van der Waals surface area (Å²) < 4.78 is 45.8. The van der Waals surface area contributed by atoms with Crippen LogP contribution in [0.25, 0.3) is 0 Å². The summed E-state index contributed by atoms with van der Waals surface area (Å²) in [4.78, 5) is 40.1. The van der Waals surface area contributed by atoms with Crippen LogP contribution in [-0.2, 0) is 18.9 Å². The van der Waals surface area contributed by atoms with Crippen LogP contribution in [0, 0.1) is 0 Å². The van der Waals surface area contributed by atoms with Gasteiger partial charge in [-0.2, -0.15) is 0 Å². The Morgan fingerprint density at radius 2 is 0.607 bits per heavy atom. The minimum atomic E-state index is -0.523. The number of ether oxygens (including phenoxy) is 8. The maximum absolute atomic E-state index is 15.9. The number of benzene rings is 6. The molecule has 4 unspecified atom stereocenters. The molecule has 84 heavy (non-hydrogen) atoms. The van der Waals surface area contributed by atoms with E-state index < -0.39 is 24.9 Å². The average Bonchev–Trinajstić information content (AvgIpc) is 1.96. The number of hydrogen-bond acceptors (Lipinski definition) is 22. The molecule has 11 rings (SSSR count). The molecule has 6 aromatic rings. The van der Waals surface area contributed by atoms with Crippen molar-refractivity contribution in [2.24, 2.45) is 0 Å². The Bertz CT molecular complexity index is 2940. The van der Waals surface area contributed by atoms with Gasteiger partial charge in [0.2, 0.25) is 0 Å². The molecule has 22 nitrogen and oxygen atoms in total. The lowest BCUT2D eigenvalue weighted by molar-refractivity contribution is 0.0326. The van der Waals surface area contributed by atoms with Crippen LogP contribution < -0.4 is 40.2 Å². The van der Waals surface area contributed by atoms with Gasteiger partial charge in [-0.05, 0) is 72.8 Å². The van der Waals surface area contributed by atoms with E-state index in [1.54, 1.807) is 101 Å². The lowest BCUT2D eigenvalue weighted by Gasteiger charge is -2.29. The Hall–Kier alpha value is -8.06. The minimum absolute atomic E-state index is 0.0530. The third-order valence-electron chi connectivity index (χ3n) is 16.1. The predicted octanol–water partition coefficient (Wildman–Crippen LogP) is 7.09. The van der Waals surface area contributed by atoms with Crippen LogP contribution in [-0.4, -0.2) is 185 Å². The fourth-order valence-corrected chi connectivity index (χ4v) is 11.8. The number of ketones is 2. The number of rotatable bonds is 24. The Balaban J connectivity index is 0.900. The molecule has 4 aliphatic heterocycles. The maximum Gasteiger partial charge on any atom is 0.198 e. The van der Waals surface area contributed by atoms with E-state index in [2.05, 4.69) is 40.9 Å². The van der Waals surface area contributed by atoms with E-state index in [0.29, 0.717) is 173 Å². The molecule has 5 aliphatic rings. The summed E-state index contributed by atoms with van der Waals surface area (Å²) in [6, 6.07) is 27.8. The molecule has 0 amide bonds. The number of anilines is 4. The minimum Gasteiger partial charge on any atom is -0.507 e. The molecule has 4 heterocycles. The molecule has 8 N–H and O–H groups in total. The summed E-state index contributed by atoms with van der Waals surface area (Å²) in [5.74, 6) is 1.58. The van der Waals surface area contributed by atoms with Gasteiger partial charge in [0.25, 0.3) is 0 Å². The van der Waals surface area contributed by atoms with E-state index in [4.69, 9.17) is 37.9 Å². The van der Waals surface area contributed by atoms with Crippen molar-refractivity contribution in [3.63, 3.8) is 0 Å². The SMILES string of the molecule is COc1ccc(C2OCCN2CCNc2ccc(NCCN3CCOC3c3ccc(OC)cc3O)c3c2C(=O)c2c(NCCN4CCOC4c4ccc(OC)cc4O)ccc(NCCN4CCOC4c4ccc(OC)cc4O)c2C3=O)c(O)c1. The van der Waals surface area contributed by atoms with Crippen molar-refractivity contribution in [3.8, 4) is 46.0 Å². The van der Waals surface area contributed by atoms with Crippen LogP contribution in [0.4, 0.5) is 22.7 Å². The molecule has 0 radical (unpaired) electrons. The lowest BCUT2D eigenvalue weighted by atomic mass is 9.80. The Morgan fingerprint density at radius 1 is 0.381 bits per heavy atom. The number of nitrogens with zero attached hydrogens (tertiary/aromatic N) is 4. The molecule has 0 aromatic heterocycles. The normalized spacial score (nSPS) is 20.0. The summed E-state index contributed by atoms with van der Waals surface area (Å²) in [5.41, 5.74) is 5.13. The summed E-state index contributed by atoms with van der Waals surface area (Å²) >= 11 is 0. The summed E-state index contributed by atoms with van der Waals surface area (Å²) in [5, 5.41) is 58.0. The third kappa shape index (κ3) is 11.9. The lowest BCUT2D eigenvalue weighted by Crippen LogP contribution is -2.33. The van der Waals surface area contributed by atoms with Gasteiger partial charge in [0.1, 0.15) is 70.9 Å². The molecule has 0 spiro atoms. The standard InChI is InChI=1S/C62H72N8O14/c1-77-37-5-9-41(49(71)33-37)59-67(25-29-81-59)21-17-63-45-13-14-46(64-18-22-68-26-30-82-60(68)42-10-6-38(78-2)34-50(42)72)54-53(45)57(75)55-47(65-19-23-69-27-31-83-61(69)43-11-7-39(79-3)35-51(43)73)15-16-48(56(55)58(54)76)66-20-24-70-28-32-84-62(70)44-12-8-40(80-4)36-52(44)74/h5-16,33-36,59-66,71-74H,17-32H2,1-4H3. The van der Waals surface area contributed by atoms with E-state index in [-0.39, 0.29) is 56.8 Å². The van der Waals surface area contributed by atoms with Crippen molar-refractivity contribution >= 4 is 34.3 Å². The van der Waals surface area contributed by atoms with Gasteiger partial charge in [0.05, 0.1) is 77.1 Å². The first-order valence-corrected chi connectivity index (χ1v) is 28.3. The number of nitrogens with one attached hydrogen (secondary N) is 4. The second-order valence-corrected chi connectivity index (χ2v) is 20.9. The first kappa shape index (κ1) is 57.7. The fraction of sp³-hybridized carbons (Fsp3) is 0.387. The number of aromatic hydroxyl groups is 4. The maximum atomic E-state index is 15.9. The quantitative estimate of drug-likeness (QED) is 0.0301. The van der Waals surface area contributed by atoms with Gasteiger partial charge in [-0.1, -0.05) is 0 Å². The highest BCUT2D eigenvalue weighted by molar-refractivity contribution is 6.35. The topological polar surface area (TPSA) is 250 Å². The molecule has 22 heteroatoms. The molecule has 0 bridgehead atoms. The van der Waals surface area contributed by atoms with E-state index in [0.717, 1.165) is 0 Å². The van der Waals surface area contributed by atoms with Crippen LogP contribution in [0.5, 0.6) is 46.0 Å². The van der Waals surface area contributed by atoms with Gasteiger partial charge < -0.3 is 79.6 Å². The molecule has 6 aromatic carbocycles. The smallest absolute Gasteiger partial charge is 0.198 e. The van der Waals surface area contributed by atoms with E-state index in [1.165, 1.54) is 0 Å². The van der Waals surface area contributed by atoms with E-state index in [1.807, 2.05) is 24.3 Å². The molecule has 4 saturated heterocycles. The van der Waals surface area contributed by atoms with E-state index in [9.17, 15) is 20.4 Å². The first-order valence-electron chi connectivity index (χ1n) is 28.3. The van der Waals surface area contributed by atoms with Crippen molar-refractivity contribution in [2.75, 3.05) is 155 Å². The summed E-state index contributed by atoms with van der Waals surface area (Å²) in [6.07, 6.45) is -2.09. The zero-order valence-corrected chi connectivity index (χ0v) is 47.5. The number of methoxy groups -OCH3 is 4. The molecule has 1 aliphatic carbocycles. The van der Waals surface area contributed by atoms with Gasteiger partial charge >= 0.3 is 0 Å². The highest BCUT2D eigenvalue weighted by Gasteiger charge is 2.39. The summed E-state index contributed by atoms with van der Waals surface area (Å²) in [7, 11) is 6.16. The van der Waals surface area contributed by atoms with Gasteiger partial charge in [0.15, 0.2) is 11.6 Å². The van der Waals surface area contributed by atoms with Crippen molar-refractivity contribution < 1.29 is 67.9 Å². The highest BCUT2D eigenvalue weighted by Crippen LogP contribution is 2.44. The Labute approximate surface area is 487 Å². The largest absolute Gasteiger partial charge is 0.507 e. The Morgan fingerprint density at radius 3 is 0.810 bits per heavy atom. The van der Waals surface area contributed by atoms with Gasteiger partial charge in [0, 0.05) is 148 Å². The first-order chi connectivity index (χ1) is 41.0. The zero-order valence-electron chi connectivity index (χ0n) is 47.5. The molecule has 4 fully saturated rings. The van der Waals surface area contributed by atoms with Crippen molar-refractivity contribution in [2.45, 2.75) is 24.9 Å².